The second-order valence-electron chi connectivity index (χ2n) is 3.91. The first-order valence-electron chi connectivity index (χ1n) is 5.78. The van der Waals surface area contributed by atoms with Gasteiger partial charge in [0.25, 0.3) is 0 Å². The first-order chi connectivity index (χ1) is 8.67. The van der Waals surface area contributed by atoms with Crippen molar-refractivity contribution in [2.24, 2.45) is 0 Å². The predicted octanol–water partition coefficient (Wildman–Crippen LogP) is 1.80. The quantitative estimate of drug-likeness (QED) is 0.781. The molecule has 0 fully saturated rings. The van der Waals surface area contributed by atoms with Crippen LogP contribution in [0.3, 0.4) is 0 Å². The number of hydrogen-bond donors (Lipinski definition) is 1. The predicted molar refractivity (Wildman–Crippen MR) is 74.1 cm³/mol. The summed E-state index contributed by atoms with van der Waals surface area (Å²) in [5, 5.41) is 10.1. The highest BCUT2D eigenvalue weighted by molar-refractivity contribution is 9.09. The lowest BCUT2D eigenvalue weighted by molar-refractivity contribution is -0.130. The Hall–Kier alpha value is -1.07. The molecule has 1 aromatic carbocycles. The summed E-state index contributed by atoms with van der Waals surface area (Å²) in [7, 11) is 1.62. The molecular formula is C13H18BrNO3. The molecule has 1 rings (SSSR count). The fourth-order valence-corrected chi connectivity index (χ4v) is 2.05. The highest BCUT2D eigenvalue weighted by Crippen LogP contribution is 2.12. The molecule has 4 nitrogen and oxygen atoms in total. The molecule has 0 aliphatic rings. The van der Waals surface area contributed by atoms with E-state index >= 15 is 0 Å². The Kier molecular flexibility index (Phi) is 6.75. The van der Waals surface area contributed by atoms with Gasteiger partial charge in [-0.05, 0) is 17.7 Å². The molecule has 0 saturated heterocycles. The van der Waals surface area contributed by atoms with Crippen molar-refractivity contribution >= 4 is 21.8 Å². The number of rotatable bonds is 7. The van der Waals surface area contributed by atoms with E-state index in [1.807, 2.05) is 6.07 Å². The van der Waals surface area contributed by atoms with E-state index < -0.39 is 0 Å². The van der Waals surface area contributed by atoms with Crippen LogP contribution in [0, 0.1) is 0 Å². The summed E-state index contributed by atoms with van der Waals surface area (Å²) in [6, 6.07) is 6.78. The lowest BCUT2D eigenvalue weighted by Gasteiger charge is -2.21. The molecule has 0 heterocycles. The van der Waals surface area contributed by atoms with Gasteiger partial charge in [0, 0.05) is 25.5 Å². The number of carbonyl (C=O) groups excluding carboxylic acids is 1. The van der Waals surface area contributed by atoms with Crippen LogP contribution in [0.4, 0.5) is 0 Å². The molecule has 0 aliphatic heterocycles. The molecule has 0 saturated carbocycles. The summed E-state index contributed by atoms with van der Waals surface area (Å²) >= 11 is 3.33. The number of nitrogens with zero attached hydrogens (tertiary/aromatic N) is 1. The number of amides is 1. The van der Waals surface area contributed by atoms with E-state index in [4.69, 9.17) is 4.74 Å². The number of phenolic OH excluding ortho intramolecular Hbond substituents is 1. The monoisotopic (exact) mass is 315 g/mol. The third-order valence-electron chi connectivity index (χ3n) is 2.54. The van der Waals surface area contributed by atoms with E-state index in [1.54, 1.807) is 30.2 Å². The van der Waals surface area contributed by atoms with Gasteiger partial charge in [-0.1, -0.05) is 28.1 Å². The number of carbonyl (C=O) groups is 1. The number of hydrogen-bond acceptors (Lipinski definition) is 3. The number of halogens is 1. The lowest BCUT2D eigenvalue weighted by Crippen LogP contribution is -2.36. The minimum Gasteiger partial charge on any atom is -0.508 e. The summed E-state index contributed by atoms with van der Waals surface area (Å²) in [4.78, 5) is 13.8. The van der Waals surface area contributed by atoms with Crippen LogP contribution >= 0.6 is 15.9 Å². The number of alkyl halides is 1. The van der Waals surface area contributed by atoms with Crippen LogP contribution in [0.1, 0.15) is 5.56 Å². The Labute approximate surface area is 116 Å². The topological polar surface area (TPSA) is 49.8 Å². The summed E-state index contributed by atoms with van der Waals surface area (Å²) < 4.78 is 4.99. The van der Waals surface area contributed by atoms with Crippen LogP contribution in [-0.4, -0.2) is 48.0 Å². The summed E-state index contributed by atoms with van der Waals surface area (Å²) in [6.07, 6.45) is 0.297. The molecule has 1 aromatic rings. The van der Waals surface area contributed by atoms with E-state index in [0.717, 1.165) is 10.9 Å². The van der Waals surface area contributed by atoms with Crippen molar-refractivity contribution in [3.8, 4) is 5.75 Å². The smallest absolute Gasteiger partial charge is 0.227 e. The van der Waals surface area contributed by atoms with Gasteiger partial charge in [-0.2, -0.15) is 0 Å². The Bertz CT molecular complexity index is 384. The molecule has 0 atom stereocenters. The van der Waals surface area contributed by atoms with E-state index in [2.05, 4.69) is 15.9 Å². The van der Waals surface area contributed by atoms with Crippen LogP contribution in [0.2, 0.25) is 0 Å². The van der Waals surface area contributed by atoms with Crippen LogP contribution in [0.5, 0.6) is 5.75 Å². The Morgan fingerprint density at radius 3 is 2.83 bits per heavy atom. The molecule has 0 bridgehead atoms. The third-order valence-corrected chi connectivity index (χ3v) is 2.89. The van der Waals surface area contributed by atoms with Crippen molar-refractivity contribution in [3.05, 3.63) is 29.8 Å². The van der Waals surface area contributed by atoms with Gasteiger partial charge in [-0.3, -0.25) is 4.79 Å². The highest BCUT2D eigenvalue weighted by Gasteiger charge is 2.13. The van der Waals surface area contributed by atoms with E-state index in [0.29, 0.717) is 26.1 Å². The van der Waals surface area contributed by atoms with Crippen molar-refractivity contribution in [1.29, 1.82) is 0 Å². The maximum Gasteiger partial charge on any atom is 0.227 e. The van der Waals surface area contributed by atoms with Gasteiger partial charge in [0.2, 0.25) is 5.91 Å². The molecule has 1 amide bonds. The molecular weight excluding hydrogens is 298 g/mol. The lowest BCUT2D eigenvalue weighted by atomic mass is 10.1. The van der Waals surface area contributed by atoms with Crippen molar-refractivity contribution in [2.75, 3.05) is 32.1 Å². The second-order valence-corrected chi connectivity index (χ2v) is 4.70. The zero-order chi connectivity index (χ0) is 13.4. The van der Waals surface area contributed by atoms with E-state index in [1.165, 1.54) is 0 Å². The van der Waals surface area contributed by atoms with Gasteiger partial charge in [0.1, 0.15) is 5.75 Å². The van der Waals surface area contributed by atoms with Gasteiger partial charge in [-0.25, -0.2) is 0 Å². The van der Waals surface area contributed by atoms with E-state index in [-0.39, 0.29) is 11.7 Å². The normalized spacial score (nSPS) is 10.3. The standard InChI is InChI=1S/C13H18BrNO3/c1-18-8-7-15(6-5-14)13(17)10-11-3-2-4-12(16)9-11/h2-4,9,16H,5-8,10H2,1H3. The molecule has 1 N–H and O–H groups in total. The Balaban J connectivity index is 2.60. The van der Waals surface area contributed by atoms with Crippen LogP contribution in [0.25, 0.3) is 0 Å². The fourth-order valence-electron chi connectivity index (χ4n) is 1.62. The van der Waals surface area contributed by atoms with Crippen molar-refractivity contribution in [2.45, 2.75) is 6.42 Å². The van der Waals surface area contributed by atoms with Gasteiger partial charge < -0.3 is 14.7 Å². The Morgan fingerprint density at radius 1 is 1.44 bits per heavy atom. The van der Waals surface area contributed by atoms with Crippen molar-refractivity contribution < 1.29 is 14.6 Å². The maximum atomic E-state index is 12.1. The molecule has 18 heavy (non-hydrogen) atoms. The highest BCUT2D eigenvalue weighted by atomic mass is 79.9. The molecule has 0 radical (unpaired) electrons. The summed E-state index contributed by atoms with van der Waals surface area (Å²) in [5.41, 5.74) is 0.817. The molecule has 5 heteroatoms. The van der Waals surface area contributed by atoms with Gasteiger partial charge in [-0.15, -0.1) is 0 Å². The summed E-state index contributed by atoms with van der Waals surface area (Å²) in [5.74, 6) is 0.223. The fraction of sp³-hybridized carbons (Fsp3) is 0.462. The average Bonchev–Trinajstić information content (AvgIpc) is 2.34. The Morgan fingerprint density at radius 2 is 2.22 bits per heavy atom. The first-order valence-corrected chi connectivity index (χ1v) is 6.90. The summed E-state index contributed by atoms with van der Waals surface area (Å²) in [6.45, 7) is 1.76. The molecule has 0 aromatic heterocycles. The molecule has 0 unspecified atom stereocenters. The second kappa shape index (κ2) is 8.11. The largest absolute Gasteiger partial charge is 0.508 e. The van der Waals surface area contributed by atoms with Gasteiger partial charge >= 0.3 is 0 Å². The van der Waals surface area contributed by atoms with Gasteiger partial charge in [0.05, 0.1) is 13.0 Å². The first kappa shape index (κ1) is 15.0. The minimum absolute atomic E-state index is 0.0390. The average molecular weight is 316 g/mol. The minimum atomic E-state index is 0.0390. The van der Waals surface area contributed by atoms with Crippen LogP contribution in [-0.2, 0) is 16.0 Å². The van der Waals surface area contributed by atoms with Gasteiger partial charge in [0.15, 0.2) is 0 Å². The number of benzene rings is 1. The zero-order valence-electron chi connectivity index (χ0n) is 10.4. The third kappa shape index (κ3) is 5.06. The van der Waals surface area contributed by atoms with E-state index in [9.17, 15) is 9.90 Å². The molecule has 100 valence electrons. The van der Waals surface area contributed by atoms with Crippen molar-refractivity contribution in [1.82, 2.24) is 4.90 Å². The van der Waals surface area contributed by atoms with Crippen molar-refractivity contribution in [3.63, 3.8) is 0 Å². The molecule has 0 spiro atoms. The maximum absolute atomic E-state index is 12.1. The molecule has 0 aliphatic carbocycles. The van der Waals surface area contributed by atoms with Crippen LogP contribution in [0.15, 0.2) is 24.3 Å². The number of aromatic hydroxyl groups is 1. The van der Waals surface area contributed by atoms with Crippen LogP contribution < -0.4 is 0 Å². The number of methoxy groups -OCH3 is 1. The number of phenols is 1. The zero-order valence-corrected chi connectivity index (χ0v) is 12.0. The number of ether oxygens (including phenoxy) is 1. The SMILES string of the molecule is COCCN(CCBr)C(=O)Cc1cccc(O)c1.